The first kappa shape index (κ1) is 23.4. The third kappa shape index (κ3) is 4.64. The van der Waals surface area contributed by atoms with Crippen molar-refractivity contribution in [3.63, 3.8) is 0 Å². The molecular formula is C19H29N3O6S2. The maximum absolute atomic E-state index is 12.4. The fourth-order valence-electron chi connectivity index (χ4n) is 4.40. The van der Waals surface area contributed by atoms with E-state index in [0.717, 1.165) is 18.7 Å². The molecule has 0 saturated carbocycles. The maximum atomic E-state index is 12.4. The average Bonchev–Trinajstić information content (AvgIpc) is 3.21. The molecule has 0 aliphatic carbocycles. The van der Waals surface area contributed by atoms with E-state index in [0.29, 0.717) is 10.7 Å². The highest BCUT2D eigenvalue weighted by molar-refractivity contribution is 8.03. The van der Waals surface area contributed by atoms with Crippen LogP contribution in [0.5, 0.6) is 0 Å². The molecule has 9 nitrogen and oxygen atoms in total. The summed E-state index contributed by atoms with van der Waals surface area (Å²) in [6.07, 6.45) is 0.0436. The van der Waals surface area contributed by atoms with Crippen molar-refractivity contribution < 1.29 is 29.7 Å². The van der Waals surface area contributed by atoms with Crippen LogP contribution in [-0.2, 0) is 14.4 Å². The second kappa shape index (κ2) is 9.90. The number of thioether (sulfide) groups is 2. The standard InChI is InChI=1S/C19H29N3O6S2/c1-9-15-14(10(2)24)18(26)22(15)16(19(27)28)17(9)30-12-5-11(21-6-12)7-29-8-13(25)20-3-4-23/h9-12,14-15,21,23-24H,3-8H2,1-2H3,(H,20,25)(H,27,28)/t9-,10-,11+,12+,14-,15?/m1/s1. The van der Waals surface area contributed by atoms with Crippen molar-refractivity contribution in [2.24, 2.45) is 11.8 Å². The van der Waals surface area contributed by atoms with E-state index in [1.807, 2.05) is 6.92 Å². The lowest BCUT2D eigenvalue weighted by atomic mass is 9.79. The van der Waals surface area contributed by atoms with Gasteiger partial charge in [-0.15, -0.1) is 11.8 Å². The maximum Gasteiger partial charge on any atom is 0.353 e. The van der Waals surface area contributed by atoms with Gasteiger partial charge in [-0.05, 0) is 13.3 Å². The minimum absolute atomic E-state index is 0.0674. The Balaban J connectivity index is 1.55. The zero-order chi connectivity index (χ0) is 22.0. The minimum atomic E-state index is -1.10. The predicted octanol–water partition coefficient (Wildman–Crippen LogP) is -0.554. The van der Waals surface area contributed by atoms with Gasteiger partial charge in [-0.25, -0.2) is 4.79 Å². The number of nitrogens with one attached hydrogen (secondary N) is 2. The molecule has 1 unspecified atom stereocenters. The van der Waals surface area contributed by atoms with E-state index in [-0.39, 0.29) is 53.9 Å². The lowest BCUT2D eigenvalue weighted by Gasteiger charge is -2.46. The number of carboxylic acids is 1. The van der Waals surface area contributed by atoms with Crippen molar-refractivity contribution in [3.05, 3.63) is 10.6 Å². The van der Waals surface area contributed by atoms with E-state index in [9.17, 15) is 24.6 Å². The van der Waals surface area contributed by atoms with E-state index < -0.39 is 18.0 Å². The summed E-state index contributed by atoms with van der Waals surface area (Å²) in [4.78, 5) is 38.0. The lowest BCUT2D eigenvalue weighted by molar-refractivity contribution is -0.163. The van der Waals surface area contributed by atoms with Crippen LogP contribution in [0.3, 0.4) is 0 Å². The number of carbonyl (C=O) groups is 3. The van der Waals surface area contributed by atoms with Crippen LogP contribution < -0.4 is 10.6 Å². The Morgan fingerprint density at radius 1 is 1.40 bits per heavy atom. The number of amides is 2. The molecule has 0 aromatic rings. The monoisotopic (exact) mass is 459 g/mol. The molecule has 0 aromatic heterocycles. The van der Waals surface area contributed by atoms with Gasteiger partial charge in [-0.3, -0.25) is 9.59 Å². The number of hydrogen-bond donors (Lipinski definition) is 5. The molecule has 0 spiro atoms. The van der Waals surface area contributed by atoms with Crippen LogP contribution in [0.1, 0.15) is 20.3 Å². The molecule has 3 heterocycles. The molecule has 2 fully saturated rings. The summed E-state index contributed by atoms with van der Waals surface area (Å²) in [5.41, 5.74) is 0.0674. The molecule has 0 aromatic carbocycles. The SMILES string of the molecule is C[C@H]1C(S[C@@H]2CN[C@H](CSCC(=O)NCCO)C2)=C(C(=O)O)N2C(=O)[C@H]([C@@H](C)O)C12. The fraction of sp³-hybridized carbons (Fsp3) is 0.737. The van der Waals surface area contributed by atoms with E-state index in [4.69, 9.17) is 5.11 Å². The van der Waals surface area contributed by atoms with Gasteiger partial charge in [0.15, 0.2) is 0 Å². The number of hydrogen-bond acceptors (Lipinski definition) is 8. The summed E-state index contributed by atoms with van der Waals surface area (Å²) in [6, 6.07) is -0.0585. The number of fused-ring (bicyclic) bond motifs is 1. The molecule has 5 N–H and O–H groups in total. The van der Waals surface area contributed by atoms with Crippen molar-refractivity contribution in [1.29, 1.82) is 0 Å². The predicted molar refractivity (Wildman–Crippen MR) is 115 cm³/mol. The smallest absolute Gasteiger partial charge is 0.353 e. The molecule has 6 atom stereocenters. The minimum Gasteiger partial charge on any atom is -0.477 e. The van der Waals surface area contributed by atoms with Crippen LogP contribution in [0, 0.1) is 11.8 Å². The third-order valence-electron chi connectivity index (χ3n) is 5.77. The van der Waals surface area contributed by atoms with Crippen molar-refractivity contribution in [1.82, 2.24) is 15.5 Å². The highest BCUT2D eigenvalue weighted by Crippen LogP contribution is 2.51. The van der Waals surface area contributed by atoms with Gasteiger partial charge in [-0.2, -0.15) is 11.8 Å². The Bertz CT molecular complexity index is 731. The Labute approximate surface area is 184 Å². The van der Waals surface area contributed by atoms with Crippen LogP contribution in [0.25, 0.3) is 0 Å². The molecular weight excluding hydrogens is 430 g/mol. The van der Waals surface area contributed by atoms with Crippen LogP contribution in [0.15, 0.2) is 10.6 Å². The summed E-state index contributed by atoms with van der Waals surface area (Å²) in [5, 5.41) is 34.6. The molecule has 30 heavy (non-hydrogen) atoms. The molecule has 3 rings (SSSR count). The van der Waals surface area contributed by atoms with Gasteiger partial charge in [0, 0.05) is 41.0 Å². The first-order chi connectivity index (χ1) is 14.3. The number of rotatable bonds is 10. The first-order valence-electron chi connectivity index (χ1n) is 10.1. The van der Waals surface area contributed by atoms with Gasteiger partial charge in [0.2, 0.25) is 11.8 Å². The molecule has 11 heteroatoms. The van der Waals surface area contributed by atoms with Crippen molar-refractivity contribution in [2.75, 3.05) is 31.2 Å². The highest BCUT2D eigenvalue weighted by Gasteiger charge is 2.60. The first-order valence-corrected chi connectivity index (χ1v) is 12.1. The van der Waals surface area contributed by atoms with Gasteiger partial charge in [0.05, 0.1) is 30.4 Å². The molecule has 3 aliphatic heterocycles. The summed E-state index contributed by atoms with van der Waals surface area (Å²) >= 11 is 3.04. The number of nitrogens with zero attached hydrogens (tertiary/aromatic N) is 1. The summed E-state index contributed by atoms with van der Waals surface area (Å²) in [7, 11) is 0. The van der Waals surface area contributed by atoms with Gasteiger partial charge < -0.3 is 30.9 Å². The summed E-state index contributed by atoms with van der Waals surface area (Å²) < 4.78 is 0. The molecule has 3 aliphatic rings. The molecule has 0 radical (unpaired) electrons. The number of aliphatic hydroxyl groups excluding tert-OH is 2. The van der Waals surface area contributed by atoms with Gasteiger partial charge in [0.25, 0.3) is 0 Å². The average molecular weight is 460 g/mol. The molecule has 168 valence electrons. The number of β-lactam (4-membered cyclic amide) rings is 1. The van der Waals surface area contributed by atoms with Gasteiger partial charge in [0.1, 0.15) is 5.70 Å². The van der Waals surface area contributed by atoms with E-state index in [1.54, 1.807) is 6.92 Å². The number of aliphatic hydroxyl groups is 2. The number of carboxylic acid groups (broad SMARTS) is 1. The Morgan fingerprint density at radius 3 is 2.77 bits per heavy atom. The molecule has 2 amide bonds. The second-order valence-corrected chi connectivity index (χ2v) is 10.3. The molecule has 0 bridgehead atoms. The van der Waals surface area contributed by atoms with Gasteiger partial charge >= 0.3 is 5.97 Å². The van der Waals surface area contributed by atoms with Crippen LogP contribution >= 0.6 is 23.5 Å². The fourth-order valence-corrected chi connectivity index (χ4v) is 6.86. The van der Waals surface area contributed by atoms with Crippen LogP contribution in [-0.4, -0.2) is 92.6 Å². The second-order valence-electron chi connectivity index (χ2n) is 7.94. The summed E-state index contributed by atoms with van der Waals surface area (Å²) in [5.74, 6) is -1.08. The number of carbonyl (C=O) groups excluding carboxylic acids is 2. The Hall–Kier alpha value is -1.27. The number of aliphatic carboxylic acids is 1. The van der Waals surface area contributed by atoms with Crippen molar-refractivity contribution in [3.8, 4) is 0 Å². The quantitative estimate of drug-likeness (QED) is 0.272. The Morgan fingerprint density at radius 2 is 2.13 bits per heavy atom. The molecule has 2 saturated heterocycles. The van der Waals surface area contributed by atoms with E-state index in [2.05, 4.69) is 10.6 Å². The van der Waals surface area contributed by atoms with Crippen molar-refractivity contribution in [2.45, 2.75) is 43.7 Å². The van der Waals surface area contributed by atoms with Crippen LogP contribution in [0.2, 0.25) is 0 Å². The van der Waals surface area contributed by atoms with Crippen molar-refractivity contribution >= 4 is 41.3 Å². The summed E-state index contributed by atoms with van der Waals surface area (Å²) in [6.45, 7) is 4.42. The normalized spacial score (nSPS) is 31.5. The third-order valence-corrected chi connectivity index (χ3v) is 8.39. The zero-order valence-corrected chi connectivity index (χ0v) is 18.7. The Kier molecular flexibility index (Phi) is 7.72. The lowest BCUT2D eigenvalue weighted by Crippen LogP contribution is -2.63. The van der Waals surface area contributed by atoms with Crippen LogP contribution in [0.4, 0.5) is 0 Å². The highest BCUT2D eigenvalue weighted by atomic mass is 32.2. The van der Waals surface area contributed by atoms with E-state index >= 15 is 0 Å². The van der Waals surface area contributed by atoms with Gasteiger partial charge in [-0.1, -0.05) is 6.92 Å². The zero-order valence-electron chi connectivity index (χ0n) is 17.0. The topological polar surface area (TPSA) is 139 Å². The largest absolute Gasteiger partial charge is 0.477 e. The van der Waals surface area contributed by atoms with E-state index in [1.165, 1.54) is 28.4 Å².